The number of methoxy groups -OCH3 is 1. The van der Waals surface area contributed by atoms with E-state index in [4.69, 9.17) is 4.74 Å². The fraction of sp³-hybridized carbons (Fsp3) is 0.500. The maximum atomic E-state index is 14.3. The molecule has 1 saturated carbocycles. The van der Waals surface area contributed by atoms with E-state index in [0.717, 1.165) is 11.3 Å². The van der Waals surface area contributed by atoms with Gasteiger partial charge in [-0.2, -0.15) is 0 Å². The molecule has 4 atom stereocenters. The van der Waals surface area contributed by atoms with Crippen LogP contribution < -0.4 is 15.0 Å². The lowest BCUT2D eigenvalue weighted by Crippen LogP contribution is -2.61. The summed E-state index contributed by atoms with van der Waals surface area (Å²) in [5.74, 6) is -2.94. The Balaban J connectivity index is 1.95. The number of hydrogen-bond acceptors (Lipinski definition) is 8. The highest BCUT2D eigenvalue weighted by Gasteiger charge is 2.62. The normalized spacial score (nSPS) is 27.0. The number of ketones is 2. The SMILES string of the molecule is COc1ccc(N(C)C)c2c1C(O)=C1C(=O)[C@]3(C)C(=O)C(C(=O)NC(C)=O)=C(C)[C@@H](N(C)C)[C@@H]3C[C@@H]1C2. The van der Waals surface area contributed by atoms with Crippen molar-refractivity contribution in [1.82, 2.24) is 10.2 Å². The number of imide groups is 1. The number of aliphatic hydroxyl groups excluding tert-OH is 1. The first-order valence-corrected chi connectivity index (χ1v) is 12.4. The molecule has 1 aromatic carbocycles. The van der Waals surface area contributed by atoms with Crippen molar-refractivity contribution >= 4 is 34.8 Å². The molecule has 0 aromatic heterocycles. The van der Waals surface area contributed by atoms with Gasteiger partial charge < -0.3 is 19.6 Å². The Kier molecular flexibility index (Phi) is 6.56. The van der Waals surface area contributed by atoms with E-state index in [2.05, 4.69) is 5.32 Å². The van der Waals surface area contributed by atoms with Gasteiger partial charge in [-0.15, -0.1) is 0 Å². The van der Waals surface area contributed by atoms with Crippen LogP contribution in [0.3, 0.4) is 0 Å². The molecule has 0 spiro atoms. The van der Waals surface area contributed by atoms with Gasteiger partial charge in [0.1, 0.15) is 11.5 Å². The predicted octanol–water partition coefficient (Wildman–Crippen LogP) is 2.29. The van der Waals surface area contributed by atoms with E-state index in [9.17, 15) is 24.3 Å². The summed E-state index contributed by atoms with van der Waals surface area (Å²) >= 11 is 0. The van der Waals surface area contributed by atoms with Crippen molar-refractivity contribution in [3.8, 4) is 5.75 Å². The summed E-state index contributed by atoms with van der Waals surface area (Å²) in [6, 6.07) is 3.31. The Morgan fingerprint density at radius 2 is 1.78 bits per heavy atom. The van der Waals surface area contributed by atoms with Crippen LogP contribution in [0, 0.1) is 17.3 Å². The number of anilines is 1. The number of allylic oxidation sites excluding steroid dienone is 1. The Bertz CT molecular complexity index is 1290. The zero-order chi connectivity index (χ0) is 27.6. The minimum Gasteiger partial charge on any atom is -0.507 e. The van der Waals surface area contributed by atoms with Crippen LogP contribution in [0.25, 0.3) is 5.76 Å². The van der Waals surface area contributed by atoms with E-state index >= 15 is 0 Å². The van der Waals surface area contributed by atoms with Crippen LogP contribution in [0.5, 0.6) is 5.75 Å². The van der Waals surface area contributed by atoms with Crippen molar-refractivity contribution in [1.29, 1.82) is 0 Å². The number of nitrogens with zero attached hydrogens (tertiary/aromatic N) is 2. The maximum absolute atomic E-state index is 14.3. The average molecular weight is 510 g/mol. The van der Waals surface area contributed by atoms with E-state index in [0.29, 0.717) is 29.7 Å². The summed E-state index contributed by atoms with van der Waals surface area (Å²) in [7, 11) is 9.05. The third-order valence-corrected chi connectivity index (χ3v) is 8.29. The molecule has 4 rings (SSSR count). The van der Waals surface area contributed by atoms with Gasteiger partial charge >= 0.3 is 0 Å². The van der Waals surface area contributed by atoms with Crippen LogP contribution in [0.2, 0.25) is 0 Å². The molecule has 0 aliphatic heterocycles. The first kappa shape index (κ1) is 26.6. The number of amides is 2. The first-order chi connectivity index (χ1) is 17.3. The number of rotatable bonds is 4. The number of hydrogen-bond donors (Lipinski definition) is 2. The first-order valence-electron chi connectivity index (χ1n) is 12.4. The fourth-order valence-electron chi connectivity index (χ4n) is 6.69. The Hall–Kier alpha value is -3.46. The third kappa shape index (κ3) is 3.79. The minimum absolute atomic E-state index is 0.164. The average Bonchev–Trinajstić information content (AvgIpc) is 2.80. The molecule has 0 unspecified atom stereocenters. The molecule has 1 aromatic rings. The molecule has 2 amide bonds. The molecule has 37 heavy (non-hydrogen) atoms. The monoisotopic (exact) mass is 509 g/mol. The van der Waals surface area contributed by atoms with Gasteiger partial charge in [0.15, 0.2) is 11.6 Å². The third-order valence-electron chi connectivity index (χ3n) is 8.29. The number of aliphatic hydroxyl groups is 1. The molecule has 0 heterocycles. The number of carbonyl (C=O) groups excluding carboxylic acids is 4. The van der Waals surface area contributed by atoms with Gasteiger partial charge in [-0.1, -0.05) is 0 Å². The highest BCUT2D eigenvalue weighted by Crippen LogP contribution is 2.56. The van der Waals surface area contributed by atoms with Crippen molar-refractivity contribution in [3.05, 3.63) is 40.0 Å². The summed E-state index contributed by atoms with van der Waals surface area (Å²) in [5, 5.41) is 13.8. The number of ether oxygens (including phenoxy) is 1. The number of benzene rings is 1. The van der Waals surface area contributed by atoms with E-state index in [-0.39, 0.29) is 28.9 Å². The Morgan fingerprint density at radius 1 is 1.14 bits per heavy atom. The summed E-state index contributed by atoms with van der Waals surface area (Å²) in [6.07, 6.45) is 0.977. The highest BCUT2D eigenvalue weighted by atomic mass is 16.5. The van der Waals surface area contributed by atoms with Crippen LogP contribution in [0.1, 0.15) is 38.3 Å². The second-order valence-corrected chi connectivity index (χ2v) is 10.9. The van der Waals surface area contributed by atoms with Crippen molar-refractivity contribution < 1.29 is 29.0 Å². The molecule has 0 bridgehead atoms. The van der Waals surface area contributed by atoms with Crippen LogP contribution in [0.15, 0.2) is 28.9 Å². The molecule has 9 heteroatoms. The summed E-state index contributed by atoms with van der Waals surface area (Å²) in [5.41, 5.74) is 1.27. The van der Waals surface area contributed by atoms with Crippen molar-refractivity contribution in [3.63, 3.8) is 0 Å². The fourth-order valence-corrected chi connectivity index (χ4v) is 6.69. The minimum atomic E-state index is -1.58. The lowest BCUT2D eigenvalue weighted by molar-refractivity contribution is -0.145. The molecular weight excluding hydrogens is 474 g/mol. The molecular formula is C28H35N3O6. The van der Waals surface area contributed by atoms with Gasteiger partial charge in [0.05, 0.1) is 23.7 Å². The Morgan fingerprint density at radius 3 is 2.32 bits per heavy atom. The van der Waals surface area contributed by atoms with Crippen LogP contribution in [-0.2, 0) is 25.6 Å². The summed E-state index contributed by atoms with van der Waals surface area (Å²) in [6.45, 7) is 4.49. The lowest BCUT2D eigenvalue weighted by Gasteiger charge is -2.52. The van der Waals surface area contributed by atoms with Crippen LogP contribution >= 0.6 is 0 Å². The lowest BCUT2D eigenvalue weighted by atomic mass is 9.51. The van der Waals surface area contributed by atoms with E-state index in [1.54, 1.807) is 19.9 Å². The van der Waals surface area contributed by atoms with Crippen LogP contribution in [-0.4, -0.2) is 74.7 Å². The van der Waals surface area contributed by atoms with E-state index in [1.165, 1.54) is 14.0 Å². The van der Waals surface area contributed by atoms with Crippen molar-refractivity contribution in [2.45, 2.75) is 39.7 Å². The van der Waals surface area contributed by atoms with Crippen molar-refractivity contribution in [2.24, 2.45) is 17.3 Å². The standard InChI is InChI=1S/C28H35N3O6/c1-13-20(27(36)29-14(2)32)25(34)28(3)17(23(13)31(6)7)12-15-11-16-18(30(4)5)9-10-19(37-8)22(16)24(33)21(15)26(28)35/h9-10,15,17,23,33H,11-12H2,1-8H3,(H,29,32,36)/t15-,17-,23+,28-/m0/s1. The molecule has 1 fully saturated rings. The van der Waals surface area contributed by atoms with Gasteiger partial charge in [0, 0.05) is 38.3 Å². The van der Waals surface area contributed by atoms with Crippen molar-refractivity contribution in [2.75, 3.05) is 40.2 Å². The van der Waals surface area contributed by atoms with Gasteiger partial charge in [-0.05, 0) is 75.9 Å². The topological polar surface area (TPSA) is 116 Å². The number of fused-ring (bicyclic) bond motifs is 3. The molecule has 0 radical (unpaired) electrons. The van der Waals surface area contributed by atoms with Gasteiger partial charge in [0.2, 0.25) is 5.91 Å². The molecule has 3 aliphatic rings. The molecule has 0 saturated heterocycles. The Labute approximate surface area is 217 Å². The zero-order valence-corrected chi connectivity index (χ0v) is 22.7. The second-order valence-electron chi connectivity index (χ2n) is 10.9. The molecule has 198 valence electrons. The number of nitrogens with one attached hydrogen (secondary N) is 1. The number of likely N-dealkylation sites (N-methyl/N-ethyl adjacent to an activating group) is 1. The van der Waals surface area contributed by atoms with Gasteiger partial charge in [0.25, 0.3) is 5.91 Å². The largest absolute Gasteiger partial charge is 0.507 e. The van der Waals surface area contributed by atoms with Gasteiger partial charge in [-0.3, -0.25) is 24.5 Å². The zero-order valence-electron chi connectivity index (χ0n) is 22.7. The second kappa shape index (κ2) is 9.13. The number of Topliss-reactive ketones (excluding diaryl/α,β-unsaturated/α-hetero) is 2. The predicted molar refractivity (Wildman–Crippen MR) is 139 cm³/mol. The van der Waals surface area contributed by atoms with E-state index < -0.39 is 34.7 Å². The smallest absolute Gasteiger partial charge is 0.261 e. The summed E-state index contributed by atoms with van der Waals surface area (Å²) < 4.78 is 5.54. The number of carbonyl (C=O) groups is 4. The highest BCUT2D eigenvalue weighted by molar-refractivity contribution is 6.32. The van der Waals surface area contributed by atoms with Gasteiger partial charge in [-0.25, -0.2) is 0 Å². The van der Waals surface area contributed by atoms with E-state index in [1.807, 2.05) is 44.1 Å². The molecule has 9 nitrogen and oxygen atoms in total. The maximum Gasteiger partial charge on any atom is 0.261 e. The van der Waals surface area contributed by atoms with Crippen LogP contribution in [0.4, 0.5) is 5.69 Å². The summed E-state index contributed by atoms with van der Waals surface area (Å²) in [4.78, 5) is 56.8. The molecule has 3 aliphatic carbocycles. The molecule has 2 N–H and O–H groups in total. The quantitative estimate of drug-likeness (QED) is 0.469.